The van der Waals surface area contributed by atoms with E-state index in [1.54, 1.807) is 42.5 Å². The number of alkyl halides is 3. The zero-order valence-corrected chi connectivity index (χ0v) is 29.1. The number of fused-ring (bicyclic) bond motifs is 1. The van der Waals surface area contributed by atoms with Gasteiger partial charge in [-0.05, 0) is 59.6 Å². The number of aromatic amines is 1. The molecule has 2 aromatic heterocycles. The Hall–Kier alpha value is -4.50. The zero-order chi connectivity index (χ0) is 35.1. The van der Waals surface area contributed by atoms with Crippen LogP contribution in [0.2, 0.25) is 18.1 Å². The molecule has 15 heteroatoms. The number of sulfonamides is 1. The third-order valence-electron chi connectivity index (χ3n) is 8.45. The number of anilines is 2. The molecule has 48 heavy (non-hydrogen) atoms. The average Bonchev–Trinajstić information content (AvgIpc) is 3.49. The number of aromatic nitrogens is 4. The number of nitrogens with zero attached hydrogens (tertiary/aromatic N) is 4. The lowest BCUT2D eigenvalue weighted by molar-refractivity contribution is -0.127. The summed E-state index contributed by atoms with van der Waals surface area (Å²) in [4.78, 5) is 9.03. The number of halogens is 4. The summed E-state index contributed by atoms with van der Waals surface area (Å²) in [5.74, 6) is -1.05. The highest BCUT2D eigenvalue weighted by atomic mass is 32.2. The minimum atomic E-state index is -4.62. The Morgan fingerprint density at radius 2 is 1.62 bits per heavy atom. The van der Waals surface area contributed by atoms with Crippen LogP contribution in [-0.2, 0) is 23.0 Å². The molecule has 2 N–H and O–H groups in total. The van der Waals surface area contributed by atoms with Crippen LogP contribution in [0.15, 0.2) is 77.8 Å². The van der Waals surface area contributed by atoms with Gasteiger partial charge in [-0.3, -0.25) is 9.40 Å². The molecule has 0 amide bonds. The molecule has 5 aromatic rings. The van der Waals surface area contributed by atoms with Crippen LogP contribution in [0, 0.1) is 5.82 Å². The molecule has 0 fully saturated rings. The molecule has 0 atom stereocenters. The molecule has 5 rings (SSSR count). The topological polar surface area (TPSA) is 113 Å². The largest absolute Gasteiger partial charge is 0.542 e. The molecule has 0 radical (unpaired) electrons. The van der Waals surface area contributed by atoms with Gasteiger partial charge in [-0.1, -0.05) is 57.2 Å². The Morgan fingerprint density at radius 1 is 0.958 bits per heavy atom. The van der Waals surface area contributed by atoms with Crippen molar-refractivity contribution in [3.05, 3.63) is 89.9 Å². The normalized spacial score (nSPS) is 12.7. The van der Waals surface area contributed by atoms with Crippen molar-refractivity contribution in [3.8, 4) is 17.1 Å². The Bertz CT molecular complexity index is 2050. The summed E-state index contributed by atoms with van der Waals surface area (Å²) >= 11 is 0. The number of hydrogen-bond donors (Lipinski definition) is 2. The molecule has 0 aliphatic heterocycles. The maximum atomic E-state index is 15.6. The van der Waals surface area contributed by atoms with Crippen LogP contribution >= 0.6 is 0 Å². The number of para-hydroxylation sites is 1. The second-order valence-electron chi connectivity index (χ2n) is 12.9. The highest BCUT2D eigenvalue weighted by Crippen LogP contribution is 2.40. The molecule has 0 spiro atoms. The summed E-state index contributed by atoms with van der Waals surface area (Å²) < 4.78 is 91.1. The molecule has 254 valence electrons. The van der Waals surface area contributed by atoms with Gasteiger partial charge in [0.2, 0.25) is 0 Å². The van der Waals surface area contributed by atoms with E-state index < -0.39 is 36.8 Å². The van der Waals surface area contributed by atoms with E-state index in [0.717, 1.165) is 12.1 Å². The van der Waals surface area contributed by atoms with Crippen molar-refractivity contribution in [2.45, 2.75) is 62.9 Å². The molecule has 0 aliphatic carbocycles. The highest BCUT2D eigenvalue weighted by Gasteiger charge is 2.40. The maximum Gasteiger partial charge on any atom is 0.393 e. The Kier molecular flexibility index (Phi) is 9.31. The SMILES string of the molecule is CN(c1ccccc1CNc1nc(-c2cc(F)c(O[Si](C)(C)C(C)(C)C)cc2CC(F)(F)F)nc2[nH]ncc12)S(=O)(=O)c1ccccc1. The van der Waals surface area contributed by atoms with Gasteiger partial charge >= 0.3 is 6.18 Å². The summed E-state index contributed by atoms with van der Waals surface area (Å²) in [5, 5.41) is 9.99. The van der Waals surface area contributed by atoms with Crippen molar-refractivity contribution in [2.24, 2.45) is 0 Å². The van der Waals surface area contributed by atoms with Crippen LogP contribution in [0.5, 0.6) is 5.75 Å². The minimum Gasteiger partial charge on any atom is -0.542 e. The van der Waals surface area contributed by atoms with Crippen molar-refractivity contribution in [2.75, 3.05) is 16.7 Å². The van der Waals surface area contributed by atoms with E-state index in [9.17, 15) is 21.6 Å². The number of benzene rings is 3. The molecule has 0 bridgehead atoms. The van der Waals surface area contributed by atoms with E-state index in [2.05, 4.69) is 25.5 Å². The van der Waals surface area contributed by atoms with Crippen LogP contribution in [0.25, 0.3) is 22.4 Å². The third-order valence-corrected chi connectivity index (χ3v) is 14.6. The fraction of sp³-hybridized carbons (Fsp3) is 0.303. The quantitative estimate of drug-likeness (QED) is 0.112. The van der Waals surface area contributed by atoms with Crippen LogP contribution in [0.3, 0.4) is 0 Å². The molecule has 0 saturated carbocycles. The zero-order valence-electron chi connectivity index (χ0n) is 27.3. The Balaban J connectivity index is 1.53. The highest BCUT2D eigenvalue weighted by molar-refractivity contribution is 7.92. The van der Waals surface area contributed by atoms with Crippen molar-refractivity contribution >= 4 is 40.9 Å². The second-order valence-corrected chi connectivity index (χ2v) is 19.6. The van der Waals surface area contributed by atoms with Gasteiger partial charge in [0, 0.05) is 19.2 Å². The molecule has 9 nitrogen and oxygen atoms in total. The number of hydrogen-bond acceptors (Lipinski definition) is 7. The van der Waals surface area contributed by atoms with Gasteiger partial charge in [0.15, 0.2) is 17.3 Å². The summed E-state index contributed by atoms with van der Waals surface area (Å²) in [7, 11) is -5.03. The van der Waals surface area contributed by atoms with Crippen molar-refractivity contribution in [3.63, 3.8) is 0 Å². The van der Waals surface area contributed by atoms with E-state index in [1.807, 2.05) is 33.9 Å². The Morgan fingerprint density at radius 3 is 2.29 bits per heavy atom. The molecule has 3 aromatic carbocycles. The van der Waals surface area contributed by atoms with Gasteiger partial charge < -0.3 is 9.74 Å². The van der Waals surface area contributed by atoms with Gasteiger partial charge in [0.1, 0.15) is 11.6 Å². The first-order valence-electron chi connectivity index (χ1n) is 15.0. The van der Waals surface area contributed by atoms with Crippen LogP contribution < -0.4 is 14.0 Å². The first-order chi connectivity index (χ1) is 22.4. The van der Waals surface area contributed by atoms with Crippen LogP contribution in [0.1, 0.15) is 31.9 Å². The molecule has 0 saturated heterocycles. The monoisotopic (exact) mass is 700 g/mol. The van der Waals surface area contributed by atoms with E-state index >= 15 is 4.39 Å². The van der Waals surface area contributed by atoms with E-state index in [4.69, 9.17) is 4.43 Å². The van der Waals surface area contributed by atoms with Crippen molar-refractivity contribution in [1.29, 1.82) is 0 Å². The summed E-state index contributed by atoms with van der Waals surface area (Å²) in [5.41, 5.74) is 0.798. The summed E-state index contributed by atoms with van der Waals surface area (Å²) in [6, 6.07) is 16.9. The minimum absolute atomic E-state index is 0.0740. The van der Waals surface area contributed by atoms with Gasteiger partial charge in [-0.2, -0.15) is 18.3 Å². The lowest BCUT2D eigenvalue weighted by atomic mass is 10.0. The third kappa shape index (κ3) is 7.31. The average molecular weight is 701 g/mol. The van der Waals surface area contributed by atoms with E-state index in [1.165, 1.54) is 29.7 Å². The van der Waals surface area contributed by atoms with Gasteiger partial charge in [0.25, 0.3) is 18.3 Å². The molecule has 0 aliphatic rings. The number of H-pyrrole nitrogens is 1. The Labute approximate surface area is 277 Å². The maximum absolute atomic E-state index is 15.6. The lowest BCUT2D eigenvalue weighted by Crippen LogP contribution is -2.44. The number of nitrogens with one attached hydrogen (secondary N) is 2. The lowest BCUT2D eigenvalue weighted by Gasteiger charge is -2.36. The van der Waals surface area contributed by atoms with Crippen molar-refractivity contribution < 1.29 is 30.4 Å². The fourth-order valence-electron chi connectivity index (χ4n) is 4.79. The molecule has 0 unspecified atom stereocenters. The smallest absolute Gasteiger partial charge is 0.393 e. The van der Waals surface area contributed by atoms with Crippen LogP contribution in [0.4, 0.5) is 29.1 Å². The van der Waals surface area contributed by atoms with Gasteiger partial charge in [-0.15, -0.1) is 0 Å². The standard InChI is InChI=1S/C33H36F4N6O3SSi/c1-32(2,3)48(5,6)46-28-16-22(18-33(35,36)37)24(17-26(28)34)30-40-29(25-20-39-42-31(25)41-30)38-19-21-12-10-11-15-27(21)43(4)47(44,45)23-13-8-7-9-14-23/h7-17,20H,18-19H2,1-6H3,(H2,38,39,40,41,42). The van der Waals surface area contributed by atoms with Gasteiger partial charge in [-0.25, -0.2) is 22.8 Å². The summed E-state index contributed by atoms with van der Waals surface area (Å²) in [6.07, 6.45) is -4.53. The summed E-state index contributed by atoms with van der Waals surface area (Å²) in [6.45, 7) is 9.67. The first kappa shape index (κ1) is 34.8. The number of rotatable bonds is 10. The van der Waals surface area contributed by atoms with E-state index in [-0.39, 0.29) is 50.6 Å². The van der Waals surface area contributed by atoms with Gasteiger partial charge in [0.05, 0.1) is 28.6 Å². The predicted octanol–water partition coefficient (Wildman–Crippen LogP) is 8.09. The fourth-order valence-corrected chi connectivity index (χ4v) is 7.06. The second kappa shape index (κ2) is 12.8. The van der Waals surface area contributed by atoms with Crippen molar-refractivity contribution in [1.82, 2.24) is 20.2 Å². The molecular weight excluding hydrogens is 665 g/mol. The predicted molar refractivity (Wildman–Crippen MR) is 180 cm³/mol. The molecular formula is C33H36F4N6O3SSi. The first-order valence-corrected chi connectivity index (χ1v) is 19.4. The van der Waals surface area contributed by atoms with Crippen LogP contribution in [-0.4, -0.2) is 50.1 Å². The molecule has 2 heterocycles. The van der Waals surface area contributed by atoms with E-state index in [0.29, 0.717) is 16.6 Å².